The van der Waals surface area contributed by atoms with Crippen LogP contribution < -0.4 is 9.46 Å². The molecule has 16 heteroatoms. The van der Waals surface area contributed by atoms with Gasteiger partial charge < -0.3 is 19.3 Å². The van der Waals surface area contributed by atoms with Gasteiger partial charge in [-0.1, -0.05) is 11.6 Å². The number of carbonyl (C=O) groups excluding carboxylic acids is 2. The zero-order valence-corrected chi connectivity index (χ0v) is 28.1. The smallest absolute Gasteiger partial charge is 0.471 e. The van der Waals surface area contributed by atoms with Gasteiger partial charge in [-0.3, -0.25) is 9.69 Å². The zero-order valence-electron chi connectivity index (χ0n) is 30.6. The van der Waals surface area contributed by atoms with Crippen LogP contribution in [0.3, 0.4) is 0 Å². The van der Waals surface area contributed by atoms with Gasteiger partial charge in [-0.15, -0.1) is 0 Å². The predicted octanol–water partition coefficient (Wildman–Crippen LogP) is 4.64. The summed E-state index contributed by atoms with van der Waals surface area (Å²) in [6, 6.07) is -0.919. The average Bonchev–Trinajstić information content (AvgIpc) is 3.65. The number of ether oxygens (including phenoxy) is 2. The Balaban J connectivity index is 1.43. The molecule has 0 saturated carbocycles. The number of rotatable bonds is 6. The summed E-state index contributed by atoms with van der Waals surface area (Å²) in [5.74, 6) is -2.54. The lowest BCUT2D eigenvalue weighted by molar-refractivity contribution is -0.190. The fraction of sp³-hybridized carbons (Fsp3) is 0.531. The van der Waals surface area contributed by atoms with Crippen LogP contribution in [-0.2, 0) is 26.0 Å². The second kappa shape index (κ2) is 13.4. The Labute approximate surface area is 288 Å². The molecule has 2 aromatic carbocycles. The Bertz CT molecular complexity index is 1920. The van der Waals surface area contributed by atoms with E-state index in [1.807, 2.05) is 6.07 Å². The molecule has 0 aromatic heterocycles. The monoisotopic (exact) mass is 715 g/mol. The van der Waals surface area contributed by atoms with E-state index in [4.69, 9.17) is 26.6 Å². The van der Waals surface area contributed by atoms with E-state index in [1.165, 1.54) is 17.9 Å². The molecule has 0 unspecified atom stereocenters. The number of carbonyl (C=O) groups is 2. The molecule has 0 bridgehead atoms. The van der Waals surface area contributed by atoms with E-state index in [1.54, 1.807) is 31.7 Å². The summed E-state index contributed by atoms with van der Waals surface area (Å²) in [6.45, 7) is 6.27. The fourth-order valence-corrected chi connectivity index (χ4v) is 7.64. The number of likely N-dealkylation sites (tertiary alicyclic amines) is 1. The number of alkyl halides is 3. The number of sulfonamides is 1. The molecular formula is C32H37ClF3N5O6S. The van der Waals surface area contributed by atoms with Gasteiger partial charge in [0.15, 0.2) is 0 Å². The molecule has 2 fully saturated rings. The third-order valence-electron chi connectivity index (χ3n) is 8.27. The fourth-order valence-electron chi connectivity index (χ4n) is 6.22. The van der Waals surface area contributed by atoms with Crippen LogP contribution in [0.2, 0.25) is 5.02 Å². The van der Waals surface area contributed by atoms with E-state index in [-0.39, 0.29) is 56.2 Å². The lowest BCUT2D eigenvalue weighted by atomic mass is 10.0. The zero-order chi connectivity index (χ0) is 38.7. The maximum absolute atomic E-state index is 13.5. The molecule has 11 nitrogen and oxygen atoms in total. The van der Waals surface area contributed by atoms with Gasteiger partial charge in [0.25, 0.3) is 0 Å². The van der Waals surface area contributed by atoms with E-state index in [9.17, 15) is 36.4 Å². The van der Waals surface area contributed by atoms with Crippen LogP contribution in [0.25, 0.3) is 0 Å². The molecule has 2 heterocycles. The van der Waals surface area contributed by atoms with Gasteiger partial charge in [0, 0.05) is 56.3 Å². The molecule has 2 aliphatic heterocycles. The Hall–Kier alpha value is -3.58. The van der Waals surface area contributed by atoms with Crippen molar-refractivity contribution in [2.75, 3.05) is 32.7 Å². The van der Waals surface area contributed by atoms with Crippen molar-refractivity contribution in [2.45, 2.75) is 81.4 Å². The number of hydrogen-bond acceptors (Lipinski definition) is 8. The molecule has 2 aromatic rings. The van der Waals surface area contributed by atoms with Gasteiger partial charge in [-0.05, 0) is 81.5 Å². The summed E-state index contributed by atoms with van der Waals surface area (Å²) in [6.07, 6.45) is -6.47. The quantitative estimate of drug-likeness (QED) is 0.458. The van der Waals surface area contributed by atoms with Crippen molar-refractivity contribution in [3.05, 3.63) is 58.0 Å². The highest BCUT2D eigenvalue weighted by atomic mass is 35.5. The third-order valence-corrected chi connectivity index (χ3v) is 9.99. The van der Waals surface area contributed by atoms with Crippen LogP contribution in [0.1, 0.15) is 62.3 Å². The molecule has 0 radical (unpaired) electrons. The first-order valence-electron chi connectivity index (χ1n) is 17.2. The van der Waals surface area contributed by atoms with E-state index in [2.05, 4.69) is 4.72 Å². The molecule has 5 rings (SSSR count). The Morgan fingerprint density at radius 3 is 2.40 bits per heavy atom. The maximum Gasteiger partial charge on any atom is 0.471 e. The van der Waals surface area contributed by atoms with Crippen molar-refractivity contribution < 1.29 is 46.1 Å². The minimum Gasteiger partial charge on any atom is -0.488 e. The summed E-state index contributed by atoms with van der Waals surface area (Å²) in [5.41, 5.74) is 0.460. The number of piperazine rings is 1. The van der Waals surface area contributed by atoms with Crippen molar-refractivity contribution in [3.8, 4) is 11.8 Å². The van der Waals surface area contributed by atoms with Crippen LogP contribution in [-0.4, -0.2) is 97.8 Å². The van der Waals surface area contributed by atoms with Crippen LogP contribution in [0.15, 0.2) is 41.2 Å². The van der Waals surface area contributed by atoms with Crippen molar-refractivity contribution in [3.63, 3.8) is 0 Å². The normalized spacial score (nSPS) is 24.6. The van der Waals surface area contributed by atoms with Crippen LogP contribution in [0, 0.1) is 11.3 Å². The molecule has 260 valence electrons. The highest BCUT2D eigenvalue weighted by molar-refractivity contribution is 7.89. The van der Waals surface area contributed by atoms with E-state index < -0.39 is 92.8 Å². The van der Waals surface area contributed by atoms with Gasteiger partial charge >= 0.3 is 18.2 Å². The summed E-state index contributed by atoms with van der Waals surface area (Å²) in [5, 5.41) is 9.83. The second-order valence-electron chi connectivity index (χ2n) is 13.0. The van der Waals surface area contributed by atoms with E-state index in [0.717, 1.165) is 4.90 Å². The third kappa shape index (κ3) is 7.83. The Morgan fingerprint density at radius 1 is 1.10 bits per heavy atom. The van der Waals surface area contributed by atoms with Crippen LogP contribution in [0.5, 0.6) is 5.75 Å². The van der Waals surface area contributed by atoms with Gasteiger partial charge in [-0.2, -0.15) is 18.4 Å². The predicted molar refractivity (Wildman–Crippen MR) is 169 cm³/mol. The topological polar surface area (TPSA) is 132 Å². The SMILES string of the molecule is [2H]c1c([2H])c(S(=O)(=O)N[C@H]2CCN(C(=O)OC(C)(C)C)C2)c([2H])c([2H])c1O[C@H]1Cc2c(Cl)cc(C#N)cc2[C@@H]1N1CCN(C(=O)C(F)(F)F)[C@H](C)C1. The Kier molecular flexibility index (Phi) is 8.49. The number of nitrogens with zero attached hydrogens (tertiary/aromatic N) is 4. The maximum atomic E-state index is 13.5. The van der Waals surface area contributed by atoms with Crippen molar-refractivity contribution in [1.29, 1.82) is 5.26 Å². The molecule has 3 aliphatic rings. The number of benzene rings is 2. The molecule has 1 N–H and O–H groups in total. The molecule has 2 amide bonds. The average molecular weight is 716 g/mol. The highest BCUT2D eigenvalue weighted by Gasteiger charge is 2.47. The van der Waals surface area contributed by atoms with E-state index in [0.29, 0.717) is 11.1 Å². The number of nitriles is 1. The number of fused-ring (bicyclic) bond motifs is 1. The summed E-state index contributed by atoms with van der Waals surface area (Å²) >= 11 is 6.54. The van der Waals surface area contributed by atoms with Crippen LogP contribution >= 0.6 is 11.6 Å². The van der Waals surface area contributed by atoms with Crippen molar-refractivity contribution >= 4 is 33.6 Å². The molecule has 2 saturated heterocycles. The lowest BCUT2D eigenvalue weighted by Crippen LogP contribution is -2.58. The van der Waals surface area contributed by atoms with Gasteiger partial charge in [-0.25, -0.2) is 17.9 Å². The highest BCUT2D eigenvalue weighted by Crippen LogP contribution is 2.43. The number of amides is 2. The summed E-state index contributed by atoms with van der Waals surface area (Å²) in [4.78, 5) is 27.4. The minimum atomic E-state index is -5.07. The standard InChI is InChI=1S/C32H37ClF3N5O6S/c1-19-17-39(11-12-41(19)29(42)32(34,35)36)28-25-13-20(16-37)14-26(33)24(25)15-27(28)46-22-5-7-23(8-6-22)48(44,45)38-21-9-10-40(18-21)30(43)47-31(2,3)4/h5-8,13-14,19,21,27-28,38H,9-12,15,17-18H2,1-4H3/t19-,21+,27+,28+/m1/s1/i5D,6D,7D,8D. The van der Waals surface area contributed by atoms with Gasteiger partial charge in [0.2, 0.25) is 10.0 Å². The molecule has 48 heavy (non-hydrogen) atoms. The first-order valence-corrected chi connectivity index (χ1v) is 17.0. The molecule has 1 aliphatic carbocycles. The first kappa shape index (κ1) is 30.5. The lowest BCUT2D eigenvalue weighted by Gasteiger charge is -2.44. The number of nitrogens with one attached hydrogen (secondary N) is 1. The molecular weight excluding hydrogens is 675 g/mol. The van der Waals surface area contributed by atoms with E-state index >= 15 is 0 Å². The number of halogens is 4. The summed E-state index contributed by atoms with van der Waals surface area (Å²) in [7, 11) is -4.66. The Morgan fingerprint density at radius 2 is 1.79 bits per heavy atom. The number of hydrogen-bond donors (Lipinski definition) is 1. The van der Waals surface area contributed by atoms with Crippen molar-refractivity contribution in [1.82, 2.24) is 19.4 Å². The summed E-state index contributed by atoms with van der Waals surface area (Å²) < 4.78 is 115. The first-order chi connectivity index (χ1) is 24.0. The van der Waals surface area contributed by atoms with Gasteiger partial charge in [0.1, 0.15) is 17.5 Å². The van der Waals surface area contributed by atoms with Crippen molar-refractivity contribution in [2.24, 2.45) is 0 Å². The largest absolute Gasteiger partial charge is 0.488 e. The van der Waals surface area contributed by atoms with Gasteiger partial charge in [0.05, 0.1) is 28.1 Å². The minimum absolute atomic E-state index is 0.0393. The molecule has 0 spiro atoms. The molecule has 4 atom stereocenters. The van der Waals surface area contributed by atoms with Crippen LogP contribution in [0.4, 0.5) is 18.0 Å². The second-order valence-corrected chi connectivity index (χ2v) is 15.0.